The van der Waals surface area contributed by atoms with Gasteiger partial charge in [-0.3, -0.25) is 4.57 Å². The Hall–Kier alpha value is -1.57. The van der Waals surface area contributed by atoms with Gasteiger partial charge in [-0.25, -0.2) is 0 Å². The highest BCUT2D eigenvalue weighted by Gasteiger charge is 2.23. The molecule has 0 bridgehead atoms. The fraction of sp³-hybridized carbons (Fsp3) is 0.250. The number of benzene rings is 1. The monoisotopic (exact) mass is 313 g/mol. The summed E-state index contributed by atoms with van der Waals surface area (Å²) in [7, 11) is 0. The van der Waals surface area contributed by atoms with E-state index in [-0.39, 0.29) is 18.2 Å². The molecule has 0 radical (unpaired) electrons. The highest BCUT2D eigenvalue weighted by atomic mass is 35.5. The number of aliphatic hydroxyl groups excluding tert-OH is 1. The molecular formula is C12H12ClN3O3S. The molecule has 1 aromatic heterocycles. The zero-order valence-corrected chi connectivity index (χ0v) is 11.9. The third kappa shape index (κ3) is 3.50. The van der Waals surface area contributed by atoms with Crippen molar-refractivity contribution in [2.24, 2.45) is 0 Å². The molecule has 8 heteroatoms. The molecule has 0 amide bonds. The van der Waals surface area contributed by atoms with Gasteiger partial charge >= 0.3 is 5.82 Å². The smallest absolute Gasteiger partial charge is 0.390 e. The first kappa shape index (κ1) is 14.8. The number of halogens is 1. The molecule has 0 aliphatic heterocycles. The van der Waals surface area contributed by atoms with Crippen molar-refractivity contribution in [2.75, 3.05) is 5.88 Å². The maximum Gasteiger partial charge on any atom is 0.396 e. The van der Waals surface area contributed by atoms with Gasteiger partial charge in [0, 0.05) is 4.90 Å². The lowest BCUT2D eigenvalue weighted by atomic mass is 10.4. The van der Waals surface area contributed by atoms with E-state index in [2.05, 4.69) is 4.98 Å². The number of aromatic nitrogens is 2. The Bertz CT molecular complexity index is 591. The van der Waals surface area contributed by atoms with Gasteiger partial charge in [-0.05, 0) is 22.0 Å². The summed E-state index contributed by atoms with van der Waals surface area (Å²) in [6, 6.07) is 9.27. The third-order valence-corrected chi connectivity index (χ3v) is 3.96. The van der Waals surface area contributed by atoms with E-state index in [0.29, 0.717) is 5.03 Å². The van der Waals surface area contributed by atoms with E-state index in [1.807, 2.05) is 30.3 Å². The van der Waals surface area contributed by atoms with Crippen LogP contribution in [0, 0.1) is 10.1 Å². The molecule has 2 aromatic rings. The van der Waals surface area contributed by atoms with Crippen LogP contribution < -0.4 is 0 Å². The molecule has 1 atom stereocenters. The van der Waals surface area contributed by atoms with Crippen molar-refractivity contribution < 1.29 is 10.0 Å². The Labute approximate surface area is 124 Å². The van der Waals surface area contributed by atoms with Crippen LogP contribution in [-0.4, -0.2) is 31.6 Å². The Morgan fingerprint density at radius 1 is 1.45 bits per heavy atom. The minimum Gasteiger partial charge on any atom is -0.390 e. The molecule has 2 rings (SSSR count). The first-order valence-corrected chi connectivity index (χ1v) is 7.13. The normalized spacial score (nSPS) is 12.3. The topological polar surface area (TPSA) is 81.2 Å². The van der Waals surface area contributed by atoms with Gasteiger partial charge in [0.1, 0.15) is 0 Å². The molecule has 20 heavy (non-hydrogen) atoms. The Balaban J connectivity index is 2.32. The van der Waals surface area contributed by atoms with Crippen molar-refractivity contribution in [3.8, 4) is 0 Å². The molecule has 0 saturated heterocycles. The molecule has 0 saturated carbocycles. The van der Waals surface area contributed by atoms with Crippen molar-refractivity contribution >= 4 is 29.2 Å². The van der Waals surface area contributed by atoms with Crippen LogP contribution in [-0.2, 0) is 6.54 Å². The zero-order chi connectivity index (χ0) is 14.5. The molecule has 6 nitrogen and oxygen atoms in total. The van der Waals surface area contributed by atoms with E-state index < -0.39 is 11.0 Å². The summed E-state index contributed by atoms with van der Waals surface area (Å²) in [6.07, 6.45) is 0.569. The number of hydrogen-bond acceptors (Lipinski definition) is 5. The minimum absolute atomic E-state index is 0.0570. The Morgan fingerprint density at radius 2 is 2.15 bits per heavy atom. The van der Waals surface area contributed by atoms with E-state index in [1.54, 1.807) is 4.57 Å². The first-order chi connectivity index (χ1) is 9.61. The highest BCUT2D eigenvalue weighted by Crippen LogP contribution is 2.34. The molecule has 0 aliphatic rings. The molecule has 0 spiro atoms. The molecular weight excluding hydrogens is 302 g/mol. The van der Waals surface area contributed by atoms with E-state index in [9.17, 15) is 15.2 Å². The SMILES string of the molecule is O=[N+]([O-])c1ncn(CC(O)CCl)c1Sc1ccccc1. The van der Waals surface area contributed by atoms with Gasteiger partial charge in [0.15, 0.2) is 5.03 Å². The van der Waals surface area contributed by atoms with Crippen molar-refractivity contribution in [1.82, 2.24) is 9.55 Å². The fourth-order valence-electron chi connectivity index (χ4n) is 1.60. The van der Waals surface area contributed by atoms with E-state index in [4.69, 9.17) is 11.6 Å². The Morgan fingerprint density at radius 3 is 2.75 bits per heavy atom. The second-order valence-corrected chi connectivity index (χ2v) is 5.38. The van der Waals surface area contributed by atoms with Crippen molar-refractivity contribution in [3.05, 3.63) is 46.8 Å². The van der Waals surface area contributed by atoms with Crippen molar-refractivity contribution in [2.45, 2.75) is 22.6 Å². The summed E-state index contributed by atoms with van der Waals surface area (Å²) in [4.78, 5) is 15.1. The average molecular weight is 314 g/mol. The van der Waals surface area contributed by atoms with Crippen molar-refractivity contribution in [1.29, 1.82) is 0 Å². The third-order valence-electron chi connectivity index (χ3n) is 2.49. The van der Waals surface area contributed by atoms with Gasteiger partial charge in [0.2, 0.25) is 6.33 Å². The number of nitrogens with zero attached hydrogens (tertiary/aromatic N) is 3. The lowest BCUT2D eigenvalue weighted by Gasteiger charge is -2.09. The molecule has 1 unspecified atom stereocenters. The lowest BCUT2D eigenvalue weighted by Crippen LogP contribution is -2.17. The van der Waals surface area contributed by atoms with Crippen LogP contribution in [0.2, 0.25) is 0 Å². The van der Waals surface area contributed by atoms with Crippen LogP contribution in [0.15, 0.2) is 46.6 Å². The van der Waals surface area contributed by atoms with Crippen molar-refractivity contribution in [3.63, 3.8) is 0 Å². The summed E-state index contributed by atoms with van der Waals surface area (Å²) in [5, 5.41) is 21.0. The molecule has 1 heterocycles. The molecule has 0 aliphatic carbocycles. The minimum atomic E-state index is -0.777. The predicted molar refractivity (Wildman–Crippen MR) is 76.2 cm³/mol. The molecule has 1 N–H and O–H groups in total. The quantitative estimate of drug-likeness (QED) is 0.503. The summed E-state index contributed by atoms with van der Waals surface area (Å²) in [6.45, 7) is 0.166. The van der Waals surface area contributed by atoms with Crippen LogP contribution in [0.4, 0.5) is 5.82 Å². The molecule has 106 valence electrons. The van der Waals surface area contributed by atoms with Crippen LogP contribution in [0.1, 0.15) is 0 Å². The van der Waals surface area contributed by atoms with Gasteiger partial charge in [0.25, 0.3) is 0 Å². The number of imidazole rings is 1. The lowest BCUT2D eigenvalue weighted by molar-refractivity contribution is -0.392. The van der Waals surface area contributed by atoms with E-state index in [0.717, 1.165) is 4.90 Å². The maximum atomic E-state index is 11.0. The second-order valence-electron chi connectivity index (χ2n) is 4.01. The standard InChI is InChI=1S/C12H12ClN3O3S/c13-6-9(17)7-15-8-14-11(16(18)19)12(15)20-10-4-2-1-3-5-10/h1-5,8-9,17H,6-7H2. The summed E-state index contributed by atoms with van der Waals surface area (Å²) >= 11 is 6.79. The van der Waals surface area contributed by atoms with Crippen LogP contribution in [0.3, 0.4) is 0 Å². The zero-order valence-electron chi connectivity index (χ0n) is 10.3. The maximum absolute atomic E-state index is 11.0. The van der Waals surface area contributed by atoms with E-state index in [1.165, 1.54) is 18.1 Å². The molecule has 0 fully saturated rings. The van der Waals surface area contributed by atoms with Crippen LogP contribution in [0.5, 0.6) is 0 Å². The van der Waals surface area contributed by atoms with Gasteiger partial charge in [-0.2, -0.15) is 0 Å². The average Bonchev–Trinajstić information content (AvgIpc) is 2.83. The van der Waals surface area contributed by atoms with Gasteiger partial charge < -0.3 is 15.2 Å². The largest absolute Gasteiger partial charge is 0.396 e. The number of alkyl halides is 1. The molecule has 1 aromatic carbocycles. The number of aliphatic hydroxyl groups is 1. The highest BCUT2D eigenvalue weighted by molar-refractivity contribution is 7.99. The summed E-state index contributed by atoms with van der Waals surface area (Å²) in [5.74, 6) is -0.165. The summed E-state index contributed by atoms with van der Waals surface area (Å²) < 4.78 is 1.54. The first-order valence-electron chi connectivity index (χ1n) is 5.78. The van der Waals surface area contributed by atoms with Gasteiger partial charge in [0.05, 0.1) is 18.5 Å². The predicted octanol–water partition coefficient (Wildman–Crippen LogP) is 2.54. The van der Waals surface area contributed by atoms with Crippen LogP contribution >= 0.6 is 23.4 Å². The van der Waals surface area contributed by atoms with Gasteiger partial charge in [-0.15, -0.1) is 11.6 Å². The number of nitro groups is 1. The Kier molecular flexibility index (Phi) is 4.99. The van der Waals surface area contributed by atoms with E-state index >= 15 is 0 Å². The van der Waals surface area contributed by atoms with Crippen LogP contribution in [0.25, 0.3) is 0 Å². The number of rotatable bonds is 6. The van der Waals surface area contributed by atoms with Gasteiger partial charge in [-0.1, -0.05) is 30.0 Å². The number of hydrogen-bond donors (Lipinski definition) is 1. The second kappa shape index (κ2) is 6.74. The summed E-state index contributed by atoms with van der Waals surface area (Å²) in [5.41, 5.74) is 0. The fourth-order valence-corrected chi connectivity index (χ4v) is 2.67.